The molecule has 0 aliphatic heterocycles. The summed E-state index contributed by atoms with van der Waals surface area (Å²) in [7, 11) is 1.34. The zero-order valence-corrected chi connectivity index (χ0v) is 13.2. The third-order valence-corrected chi connectivity index (χ3v) is 3.73. The minimum absolute atomic E-state index is 0.0791. The number of nitrogens with one attached hydrogen (secondary N) is 1. The lowest BCUT2D eigenvalue weighted by Crippen LogP contribution is -2.57. The minimum Gasteiger partial charge on any atom is -0.466 e. The van der Waals surface area contributed by atoms with Gasteiger partial charge in [0.05, 0.1) is 25.4 Å². The van der Waals surface area contributed by atoms with Crippen molar-refractivity contribution in [2.45, 2.75) is 64.3 Å². The molecule has 0 heterocycles. The van der Waals surface area contributed by atoms with Crippen LogP contribution in [0.4, 0.5) is 0 Å². The van der Waals surface area contributed by atoms with Gasteiger partial charge in [-0.05, 0) is 12.8 Å². The molecule has 0 aromatic heterocycles. The predicted molar refractivity (Wildman–Crippen MR) is 79.5 cm³/mol. The van der Waals surface area contributed by atoms with Crippen LogP contribution in [0.5, 0.6) is 0 Å². The molecule has 1 aliphatic rings. The number of rotatable bonds is 6. The van der Waals surface area contributed by atoms with Crippen LogP contribution in [-0.2, 0) is 19.1 Å². The van der Waals surface area contributed by atoms with Gasteiger partial charge in [0.15, 0.2) is 0 Å². The van der Waals surface area contributed by atoms with E-state index in [1.165, 1.54) is 14.0 Å². The molecule has 0 aromatic carbocycles. The van der Waals surface area contributed by atoms with Crippen LogP contribution in [0.3, 0.4) is 0 Å². The Kier molecular flexibility index (Phi) is 6.84. The molecule has 0 unspecified atom stereocenters. The fraction of sp³-hybridized carbons (Fsp3) is 0.733. The zero-order chi connectivity index (χ0) is 16.0. The summed E-state index contributed by atoms with van der Waals surface area (Å²) in [5.74, 6) is -0.562. The Balaban J connectivity index is 2.94. The summed E-state index contributed by atoms with van der Waals surface area (Å²) >= 11 is 0. The van der Waals surface area contributed by atoms with Gasteiger partial charge in [-0.15, -0.1) is 0 Å². The Hall–Kier alpha value is -1.40. The quantitative estimate of drug-likeness (QED) is 0.711. The highest BCUT2D eigenvalue weighted by Crippen LogP contribution is 2.24. The second-order valence-electron chi connectivity index (χ2n) is 5.30. The van der Waals surface area contributed by atoms with Crippen molar-refractivity contribution < 1.29 is 19.1 Å². The SMILES string of the molecule is CCC(CC)O[C@@H]1CC(C(=O)OC)=C[C@H](N)[C@H]1NC(C)=O. The van der Waals surface area contributed by atoms with Crippen molar-refractivity contribution in [3.63, 3.8) is 0 Å². The molecule has 0 radical (unpaired) electrons. The third kappa shape index (κ3) is 4.82. The number of hydrogen-bond donors (Lipinski definition) is 2. The van der Waals surface area contributed by atoms with E-state index in [0.29, 0.717) is 12.0 Å². The Bertz CT molecular complexity index is 404. The Morgan fingerprint density at radius 3 is 2.52 bits per heavy atom. The number of carbonyl (C=O) groups excluding carboxylic acids is 2. The van der Waals surface area contributed by atoms with Crippen molar-refractivity contribution in [3.05, 3.63) is 11.6 Å². The van der Waals surface area contributed by atoms with Crippen molar-refractivity contribution in [1.29, 1.82) is 0 Å². The summed E-state index contributed by atoms with van der Waals surface area (Å²) in [6, 6.07) is -0.812. The maximum Gasteiger partial charge on any atom is 0.333 e. The van der Waals surface area contributed by atoms with Gasteiger partial charge in [0, 0.05) is 25.0 Å². The largest absolute Gasteiger partial charge is 0.466 e. The monoisotopic (exact) mass is 298 g/mol. The highest BCUT2D eigenvalue weighted by molar-refractivity contribution is 5.89. The van der Waals surface area contributed by atoms with Crippen LogP contribution >= 0.6 is 0 Å². The van der Waals surface area contributed by atoms with Gasteiger partial charge in [0.2, 0.25) is 5.91 Å². The molecule has 3 atom stereocenters. The summed E-state index contributed by atoms with van der Waals surface area (Å²) in [5.41, 5.74) is 6.58. The van der Waals surface area contributed by atoms with Crippen LogP contribution in [0.15, 0.2) is 11.6 Å². The molecule has 3 N–H and O–H groups in total. The molecule has 0 bridgehead atoms. The van der Waals surface area contributed by atoms with Crippen LogP contribution in [0.1, 0.15) is 40.0 Å². The van der Waals surface area contributed by atoms with Gasteiger partial charge in [-0.1, -0.05) is 19.9 Å². The Morgan fingerprint density at radius 1 is 1.43 bits per heavy atom. The van der Waals surface area contributed by atoms with Crippen molar-refractivity contribution in [3.8, 4) is 0 Å². The third-order valence-electron chi connectivity index (χ3n) is 3.73. The van der Waals surface area contributed by atoms with E-state index in [0.717, 1.165) is 12.8 Å². The van der Waals surface area contributed by atoms with E-state index in [9.17, 15) is 9.59 Å². The molecule has 0 spiro atoms. The topological polar surface area (TPSA) is 90.7 Å². The van der Waals surface area contributed by atoms with E-state index >= 15 is 0 Å². The molecule has 6 nitrogen and oxygen atoms in total. The highest BCUT2D eigenvalue weighted by Gasteiger charge is 2.36. The van der Waals surface area contributed by atoms with Crippen LogP contribution < -0.4 is 11.1 Å². The summed E-state index contributed by atoms with van der Waals surface area (Å²) in [6.07, 6.45) is 3.53. The maximum atomic E-state index is 11.7. The van der Waals surface area contributed by atoms with Gasteiger partial charge >= 0.3 is 5.97 Å². The number of nitrogens with two attached hydrogens (primary N) is 1. The molecule has 6 heteroatoms. The molecule has 120 valence electrons. The lowest BCUT2D eigenvalue weighted by molar-refractivity contribution is -0.137. The van der Waals surface area contributed by atoms with Gasteiger partial charge in [-0.3, -0.25) is 4.79 Å². The second kappa shape index (κ2) is 8.14. The minimum atomic E-state index is -0.476. The Morgan fingerprint density at radius 2 is 2.05 bits per heavy atom. The molecule has 21 heavy (non-hydrogen) atoms. The van der Waals surface area contributed by atoms with Crippen molar-refractivity contribution >= 4 is 11.9 Å². The standard InChI is InChI=1S/C15H26N2O4/c1-5-11(6-2)21-13-8-10(15(19)20-4)7-12(16)14(13)17-9(3)18/h7,11-14H,5-6,8,16H2,1-4H3,(H,17,18)/t12-,13+,14+/m0/s1. The van der Waals surface area contributed by atoms with Gasteiger partial charge in [0.1, 0.15) is 0 Å². The lowest BCUT2D eigenvalue weighted by atomic mass is 9.88. The zero-order valence-electron chi connectivity index (χ0n) is 13.2. The second-order valence-corrected chi connectivity index (χ2v) is 5.30. The van der Waals surface area contributed by atoms with Gasteiger partial charge in [-0.2, -0.15) is 0 Å². The van der Waals surface area contributed by atoms with Crippen LogP contribution in [-0.4, -0.2) is 43.3 Å². The molecule has 1 rings (SSSR count). The van der Waals surface area contributed by atoms with Crippen molar-refractivity contribution in [2.75, 3.05) is 7.11 Å². The number of ether oxygens (including phenoxy) is 2. The maximum absolute atomic E-state index is 11.7. The van der Waals surface area contributed by atoms with Crippen LogP contribution in [0.2, 0.25) is 0 Å². The lowest BCUT2D eigenvalue weighted by Gasteiger charge is -2.37. The van der Waals surface area contributed by atoms with Crippen LogP contribution in [0, 0.1) is 0 Å². The van der Waals surface area contributed by atoms with Crippen LogP contribution in [0.25, 0.3) is 0 Å². The number of methoxy groups -OCH3 is 1. The van der Waals surface area contributed by atoms with E-state index in [-0.39, 0.29) is 24.2 Å². The molecule has 0 saturated carbocycles. The first-order valence-electron chi connectivity index (χ1n) is 7.40. The van der Waals surface area contributed by atoms with Gasteiger partial charge in [-0.25, -0.2) is 4.79 Å². The smallest absolute Gasteiger partial charge is 0.333 e. The summed E-state index contributed by atoms with van der Waals surface area (Å²) < 4.78 is 10.8. The predicted octanol–water partition coefficient (Wildman–Crippen LogP) is 0.895. The van der Waals surface area contributed by atoms with E-state index in [2.05, 4.69) is 5.32 Å². The first kappa shape index (κ1) is 17.7. The average molecular weight is 298 g/mol. The first-order valence-corrected chi connectivity index (χ1v) is 7.40. The summed E-state index contributed by atoms with van der Waals surface area (Å²) in [5, 5.41) is 2.83. The van der Waals surface area contributed by atoms with E-state index < -0.39 is 12.0 Å². The molecule has 0 fully saturated rings. The number of esters is 1. The number of hydrogen-bond acceptors (Lipinski definition) is 5. The molecule has 1 aliphatic carbocycles. The fourth-order valence-electron chi connectivity index (χ4n) is 2.56. The molecule has 1 amide bonds. The van der Waals surface area contributed by atoms with Gasteiger partial charge < -0.3 is 20.5 Å². The molecular formula is C15H26N2O4. The normalized spacial score (nSPS) is 25.4. The van der Waals surface area contributed by atoms with E-state index in [4.69, 9.17) is 15.2 Å². The van der Waals surface area contributed by atoms with Crippen molar-refractivity contribution in [2.24, 2.45) is 5.73 Å². The fourth-order valence-corrected chi connectivity index (χ4v) is 2.56. The van der Waals surface area contributed by atoms with Crippen molar-refractivity contribution in [1.82, 2.24) is 5.32 Å². The molecular weight excluding hydrogens is 272 g/mol. The molecule has 0 saturated heterocycles. The first-order chi connectivity index (χ1) is 9.92. The summed E-state index contributed by atoms with van der Waals surface area (Å²) in [4.78, 5) is 23.1. The summed E-state index contributed by atoms with van der Waals surface area (Å²) in [6.45, 7) is 5.53. The van der Waals surface area contributed by atoms with Gasteiger partial charge in [0.25, 0.3) is 0 Å². The highest BCUT2D eigenvalue weighted by atomic mass is 16.5. The van der Waals surface area contributed by atoms with E-state index in [1.54, 1.807) is 6.08 Å². The van der Waals surface area contributed by atoms with E-state index in [1.807, 2.05) is 13.8 Å². The number of carbonyl (C=O) groups is 2. The number of amides is 1. The average Bonchev–Trinajstić information content (AvgIpc) is 2.46. The Labute approximate surface area is 126 Å². The molecule has 0 aromatic rings.